The number of hydrogen-bond acceptors (Lipinski definition) is 9. The van der Waals surface area contributed by atoms with Crippen molar-refractivity contribution >= 4 is 41.3 Å². The van der Waals surface area contributed by atoms with E-state index in [0.717, 1.165) is 25.0 Å². The maximum absolute atomic E-state index is 13.4. The number of halogens is 1. The number of thioether (sulfide) groups is 1. The van der Waals surface area contributed by atoms with E-state index in [1.165, 1.54) is 56.7 Å². The first-order chi connectivity index (χ1) is 23.0. The average Bonchev–Trinajstić information content (AvgIpc) is 3.10. The molecule has 5 atom stereocenters. The van der Waals surface area contributed by atoms with Crippen molar-refractivity contribution < 1.29 is 38.1 Å². The second kappa shape index (κ2) is 22.7. The fraction of sp³-hybridized carbons (Fsp3) is 0.541. The minimum Gasteiger partial charge on any atom is -0.462 e. The van der Waals surface area contributed by atoms with Crippen LogP contribution >= 0.6 is 23.4 Å². The van der Waals surface area contributed by atoms with Gasteiger partial charge in [0.25, 0.3) is 0 Å². The molecule has 3 rings (SSSR count). The summed E-state index contributed by atoms with van der Waals surface area (Å²) in [6.45, 7) is 5.86. The van der Waals surface area contributed by atoms with Gasteiger partial charge in [-0.05, 0) is 36.4 Å². The van der Waals surface area contributed by atoms with Crippen LogP contribution < -0.4 is 0 Å². The average molecular weight is 689 g/mol. The quantitative estimate of drug-likeness (QED) is 0.0399. The first kappa shape index (κ1) is 38.6. The van der Waals surface area contributed by atoms with Crippen molar-refractivity contribution in [2.45, 2.75) is 101 Å². The van der Waals surface area contributed by atoms with E-state index < -0.39 is 47.8 Å². The van der Waals surface area contributed by atoms with Crippen molar-refractivity contribution in [3.8, 4) is 0 Å². The monoisotopic (exact) mass is 688 g/mol. The van der Waals surface area contributed by atoms with E-state index in [0.29, 0.717) is 11.1 Å². The van der Waals surface area contributed by atoms with Crippen molar-refractivity contribution in [1.29, 1.82) is 0 Å². The Morgan fingerprint density at radius 2 is 1.32 bits per heavy atom. The van der Waals surface area contributed by atoms with Gasteiger partial charge in [-0.1, -0.05) is 107 Å². The standard InChI is InChI=1S/C37H49ClO8S/c1-3-5-6-7-8-9-10-11-12-19-25-47-37-34(46-36(41)29-22-17-14-18-23-29)33(42-24-4-2)32(30(44-37)27-43-31(39)26-38)45-35(40)28-20-15-13-16-21-28/h4,13-18,20-23,30,32-34,37H,2-3,5-12,19,24-27H2,1H3/t30-,32-,33+,34-,37+/m1/s1. The second-order valence-corrected chi connectivity index (χ2v) is 12.9. The van der Waals surface area contributed by atoms with Gasteiger partial charge in [-0.25, -0.2) is 9.59 Å². The van der Waals surface area contributed by atoms with Crippen molar-refractivity contribution in [2.75, 3.05) is 24.8 Å². The molecule has 47 heavy (non-hydrogen) atoms. The molecular formula is C37H49ClO8S. The Morgan fingerprint density at radius 1 is 0.787 bits per heavy atom. The highest BCUT2D eigenvalue weighted by Crippen LogP contribution is 2.35. The van der Waals surface area contributed by atoms with Crippen molar-refractivity contribution in [3.05, 3.63) is 84.4 Å². The predicted molar refractivity (Wildman–Crippen MR) is 186 cm³/mol. The number of alkyl halides is 1. The Morgan fingerprint density at radius 3 is 1.85 bits per heavy atom. The third-order valence-electron chi connectivity index (χ3n) is 7.80. The van der Waals surface area contributed by atoms with Crippen LogP contribution in [0.1, 0.15) is 91.8 Å². The summed E-state index contributed by atoms with van der Waals surface area (Å²) < 4.78 is 30.1. The lowest BCUT2D eigenvalue weighted by Gasteiger charge is -2.44. The third-order valence-corrected chi connectivity index (χ3v) is 9.25. The van der Waals surface area contributed by atoms with Gasteiger partial charge in [0.2, 0.25) is 0 Å². The van der Waals surface area contributed by atoms with Crippen molar-refractivity contribution in [2.24, 2.45) is 0 Å². The Balaban J connectivity index is 1.78. The molecule has 0 bridgehead atoms. The molecule has 0 amide bonds. The van der Waals surface area contributed by atoms with Crippen molar-refractivity contribution in [3.63, 3.8) is 0 Å². The van der Waals surface area contributed by atoms with Crippen LogP contribution in [-0.2, 0) is 28.5 Å². The largest absolute Gasteiger partial charge is 0.462 e. The number of benzene rings is 2. The van der Waals surface area contributed by atoms with Crippen LogP contribution in [-0.4, -0.2) is 72.6 Å². The van der Waals surface area contributed by atoms with E-state index in [4.69, 9.17) is 35.3 Å². The maximum Gasteiger partial charge on any atom is 0.338 e. The molecule has 1 heterocycles. The maximum atomic E-state index is 13.4. The number of esters is 3. The lowest BCUT2D eigenvalue weighted by molar-refractivity contribution is -0.220. The molecule has 0 aliphatic carbocycles. The number of unbranched alkanes of at least 4 members (excludes halogenated alkanes) is 9. The van der Waals surface area contributed by atoms with Crippen LogP contribution in [0.5, 0.6) is 0 Å². The lowest BCUT2D eigenvalue weighted by Crippen LogP contribution is -2.61. The van der Waals surface area contributed by atoms with Gasteiger partial charge in [-0.2, -0.15) is 0 Å². The number of carbonyl (C=O) groups excluding carboxylic acids is 3. The van der Waals surface area contributed by atoms with Crippen LogP contribution in [0.2, 0.25) is 0 Å². The summed E-state index contributed by atoms with van der Waals surface area (Å²) in [6, 6.07) is 17.2. The molecule has 2 aromatic carbocycles. The zero-order valence-electron chi connectivity index (χ0n) is 27.4. The molecule has 1 aliphatic heterocycles. The lowest BCUT2D eigenvalue weighted by atomic mass is 9.99. The van der Waals surface area contributed by atoms with Gasteiger partial charge in [0.05, 0.1) is 17.7 Å². The number of rotatable bonds is 22. The topological polar surface area (TPSA) is 97.4 Å². The van der Waals surface area contributed by atoms with E-state index in [9.17, 15) is 14.4 Å². The molecule has 1 aliphatic rings. The molecule has 2 aromatic rings. The summed E-state index contributed by atoms with van der Waals surface area (Å²) >= 11 is 7.20. The van der Waals surface area contributed by atoms with Crippen LogP contribution in [0, 0.1) is 0 Å². The van der Waals surface area contributed by atoms with E-state index in [-0.39, 0.29) is 19.1 Å². The molecule has 8 nitrogen and oxygen atoms in total. The van der Waals surface area contributed by atoms with Crippen LogP contribution in [0.15, 0.2) is 73.3 Å². The molecular weight excluding hydrogens is 640 g/mol. The van der Waals surface area contributed by atoms with Gasteiger partial charge in [0.1, 0.15) is 30.1 Å². The number of ether oxygens (including phenoxy) is 5. The molecule has 0 N–H and O–H groups in total. The summed E-state index contributed by atoms with van der Waals surface area (Å²) in [7, 11) is 0. The zero-order valence-corrected chi connectivity index (χ0v) is 29.0. The smallest absolute Gasteiger partial charge is 0.338 e. The minimum atomic E-state index is -1.09. The number of carbonyl (C=O) groups is 3. The van der Waals surface area contributed by atoms with Gasteiger partial charge >= 0.3 is 17.9 Å². The molecule has 0 aromatic heterocycles. The highest BCUT2D eigenvalue weighted by molar-refractivity contribution is 7.99. The molecule has 10 heteroatoms. The normalized spacial score (nSPS) is 20.7. The highest BCUT2D eigenvalue weighted by atomic mass is 35.5. The Bertz CT molecular complexity index is 1200. The summed E-state index contributed by atoms with van der Waals surface area (Å²) in [4.78, 5) is 38.7. The first-order valence-corrected chi connectivity index (χ1v) is 18.3. The SMILES string of the molecule is C=CCO[C@@H]1[C@@H](OC(=O)c2ccccc2)[C@H](SCCCCCCCCCCCC)O[C@H](COC(=O)CCl)[C@H]1OC(=O)c1ccccc1. The Hall–Kier alpha value is -2.85. The molecule has 1 saturated heterocycles. The van der Waals surface area contributed by atoms with E-state index in [1.807, 2.05) is 6.07 Å². The summed E-state index contributed by atoms with van der Waals surface area (Å²) in [6.07, 6.45) is 9.81. The Kier molecular flexibility index (Phi) is 18.6. The van der Waals surface area contributed by atoms with E-state index in [2.05, 4.69) is 13.5 Å². The van der Waals surface area contributed by atoms with Gasteiger partial charge < -0.3 is 23.7 Å². The van der Waals surface area contributed by atoms with Crippen LogP contribution in [0.4, 0.5) is 0 Å². The third kappa shape index (κ3) is 13.7. The summed E-state index contributed by atoms with van der Waals surface area (Å²) in [5.41, 5.74) is -0.00593. The van der Waals surface area contributed by atoms with Gasteiger partial charge in [0, 0.05) is 0 Å². The molecule has 1 fully saturated rings. The zero-order chi connectivity index (χ0) is 33.7. The highest BCUT2D eigenvalue weighted by Gasteiger charge is 2.51. The second-order valence-electron chi connectivity index (χ2n) is 11.5. The summed E-state index contributed by atoms with van der Waals surface area (Å²) in [5, 5.41) is 0. The first-order valence-electron chi connectivity index (χ1n) is 16.7. The fourth-order valence-corrected chi connectivity index (χ4v) is 6.62. The van der Waals surface area contributed by atoms with Gasteiger partial charge in [0.15, 0.2) is 12.2 Å². The van der Waals surface area contributed by atoms with E-state index >= 15 is 0 Å². The molecule has 0 unspecified atom stereocenters. The number of hydrogen-bond donors (Lipinski definition) is 0. The van der Waals surface area contributed by atoms with Crippen molar-refractivity contribution in [1.82, 2.24) is 0 Å². The summed E-state index contributed by atoms with van der Waals surface area (Å²) in [5.74, 6) is -1.41. The van der Waals surface area contributed by atoms with Gasteiger partial charge in [-0.15, -0.1) is 29.9 Å². The van der Waals surface area contributed by atoms with Gasteiger partial charge in [-0.3, -0.25) is 4.79 Å². The molecule has 0 spiro atoms. The molecule has 258 valence electrons. The molecule has 0 saturated carbocycles. The van der Waals surface area contributed by atoms with Crippen LogP contribution in [0.3, 0.4) is 0 Å². The molecule has 0 radical (unpaired) electrons. The van der Waals surface area contributed by atoms with Crippen LogP contribution in [0.25, 0.3) is 0 Å². The Labute approximate surface area is 288 Å². The minimum absolute atomic E-state index is 0.0907. The van der Waals surface area contributed by atoms with E-state index in [1.54, 1.807) is 60.7 Å². The predicted octanol–water partition coefficient (Wildman–Crippen LogP) is 8.17. The fourth-order valence-electron chi connectivity index (χ4n) is 5.32.